The van der Waals surface area contributed by atoms with Crippen LogP contribution in [0.4, 0.5) is 0 Å². The number of allylic oxidation sites excluding steroid dienone is 2. The molecule has 0 amide bonds. The molecule has 0 heterocycles. The number of rotatable bonds is 2. The molecule has 2 aromatic carbocycles. The van der Waals surface area contributed by atoms with Crippen molar-refractivity contribution in [1.29, 1.82) is 0 Å². The first-order valence-corrected chi connectivity index (χ1v) is 6.36. The van der Waals surface area contributed by atoms with Crippen molar-refractivity contribution in [2.45, 2.75) is 0 Å². The normalized spacial score (nSPS) is 13.8. The molecule has 0 saturated carbocycles. The second-order valence-electron chi connectivity index (χ2n) is 4.31. The fourth-order valence-corrected chi connectivity index (χ4v) is 2.18. The minimum atomic E-state index is -0.319. The maximum atomic E-state index is 12.3. The van der Waals surface area contributed by atoms with Gasteiger partial charge in [-0.3, -0.25) is 9.59 Å². The Bertz CT molecular complexity index is 733. The lowest BCUT2D eigenvalue weighted by Crippen LogP contribution is -2.20. The monoisotopic (exact) mass is 284 g/mol. The van der Waals surface area contributed by atoms with Gasteiger partial charge in [0.15, 0.2) is 11.5 Å². The topological polar surface area (TPSA) is 43.4 Å². The van der Waals surface area contributed by atoms with E-state index in [-0.39, 0.29) is 17.3 Å². The molecule has 0 N–H and O–H groups in total. The van der Waals surface area contributed by atoms with E-state index < -0.39 is 0 Å². The molecule has 0 radical (unpaired) electrons. The first kappa shape index (κ1) is 12.6. The van der Waals surface area contributed by atoms with Gasteiger partial charge in [-0.25, -0.2) is 0 Å². The van der Waals surface area contributed by atoms with Gasteiger partial charge in [0.25, 0.3) is 0 Å². The molecule has 0 saturated heterocycles. The summed E-state index contributed by atoms with van der Waals surface area (Å²) in [4.78, 5) is 24.3. The standard InChI is InChI=1S/C16H9ClO3/c17-10-6-7-12-13(8-10)14(18)9-15(16(12)19)20-11-4-2-1-3-5-11/h1-9H. The highest BCUT2D eigenvalue weighted by atomic mass is 35.5. The highest BCUT2D eigenvalue weighted by molar-refractivity contribution is 6.32. The summed E-state index contributed by atoms with van der Waals surface area (Å²) in [6, 6.07) is 13.5. The van der Waals surface area contributed by atoms with Gasteiger partial charge in [-0.2, -0.15) is 0 Å². The van der Waals surface area contributed by atoms with E-state index in [2.05, 4.69) is 0 Å². The quantitative estimate of drug-likeness (QED) is 0.845. The molecule has 98 valence electrons. The number of ether oxygens (including phenoxy) is 1. The SMILES string of the molecule is O=C1C=C(Oc2ccccc2)C(=O)c2ccc(Cl)cc21. The Labute approximate surface area is 120 Å². The zero-order valence-corrected chi connectivity index (χ0v) is 11.1. The smallest absolute Gasteiger partial charge is 0.229 e. The Morgan fingerprint density at radius 3 is 2.40 bits per heavy atom. The van der Waals surface area contributed by atoms with Gasteiger partial charge in [0, 0.05) is 22.2 Å². The van der Waals surface area contributed by atoms with Crippen molar-refractivity contribution in [2.75, 3.05) is 0 Å². The molecule has 20 heavy (non-hydrogen) atoms. The summed E-state index contributed by atoms with van der Waals surface area (Å²) < 4.78 is 5.48. The number of Topliss-reactive ketones (excluding diaryl/α,β-unsaturated/α-hetero) is 1. The van der Waals surface area contributed by atoms with Gasteiger partial charge in [-0.15, -0.1) is 0 Å². The lowest BCUT2D eigenvalue weighted by Gasteiger charge is -2.15. The number of fused-ring (bicyclic) bond motifs is 1. The Balaban J connectivity index is 1.98. The summed E-state index contributed by atoms with van der Waals surface area (Å²) in [5, 5.41) is 0.422. The van der Waals surface area contributed by atoms with Crippen LogP contribution in [0.15, 0.2) is 60.4 Å². The van der Waals surface area contributed by atoms with Crippen LogP contribution >= 0.6 is 11.6 Å². The molecule has 0 aromatic heterocycles. The van der Waals surface area contributed by atoms with Crippen molar-refractivity contribution in [3.63, 3.8) is 0 Å². The molecule has 3 nitrogen and oxygen atoms in total. The minimum Gasteiger partial charge on any atom is -0.453 e. The van der Waals surface area contributed by atoms with Crippen molar-refractivity contribution in [1.82, 2.24) is 0 Å². The zero-order chi connectivity index (χ0) is 14.1. The molecule has 3 rings (SSSR count). The number of hydrogen-bond donors (Lipinski definition) is 0. The van der Waals surface area contributed by atoms with Crippen LogP contribution < -0.4 is 4.74 Å². The van der Waals surface area contributed by atoms with Gasteiger partial charge >= 0.3 is 0 Å². The van der Waals surface area contributed by atoms with Crippen LogP contribution in [0.1, 0.15) is 20.7 Å². The van der Waals surface area contributed by atoms with Gasteiger partial charge in [0.05, 0.1) is 0 Å². The zero-order valence-electron chi connectivity index (χ0n) is 10.3. The first-order valence-electron chi connectivity index (χ1n) is 5.98. The summed E-state index contributed by atoms with van der Waals surface area (Å²) in [5.41, 5.74) is 0.621. The Morgan fingerprint density at radius 1 is 0.900 bits per heavy atom. The Morgan fingerprint density at radius 2 is 1.65 bits per heavy atom. The Kier molecular flexibility index (Phi) is 3.12. The number of benzene rings is 2. The van der Waals surface area contributed by atoms with Crippen molar-refractivity contribution in [3.8, 4) is 5.75 Å². The van der Waals surface area contributed by atoms with E-state index in [0.717, 1.165) is 0 Å². The van der Waals surface area contributed by atoms with Crippen LogP contribution in [-0.4, -0.2) is 11.6 Å². The van der Waals surface area contributed by atoms with E-state index in [1.165, 1.54) is 12.1 Å². The predicted molar refractivity (Wildman–Crippen MR) is 75.3 cm³/mol. The molecule has 0 spiro atoms. The predicted octanol–water partition coefficient (Wildman–Crippen LogP) is 3.68. The molecule has 0 bridgehead atoms. The van der Waals surface area contributed by atoms with Crippen LogP contribution in [0.5, 0.6) is 5.75 Å². The summed E-state index contributed by atoms with van der Waals surface area (Å²) in [7, 11) is 0. The molecule has 2 aromatic rings. The molecular formula is C16H9ClO3. The molecular weight excluding hydrogens is 276 g/mol. The lowest BCUT2D eigenvalue weighted by molar-refractivity contribution is 0.0947. The highest BCUT2D eigenvalue weighted by Crippen LogP contribution is 2.26. The molecule has 1 aliphatic carbocycles. The van der Waals surface area contributed by atoms with Crippen LogP contribution in [0.3, 0.4) is 0 Å². The maximum Gasteiger partial charge on any atom is 0.229 e. The van der Waals surface area contributed by atoms with Crippen molar-refractivity contribution in [3.05, 3.63) is 76.5 Å². The summed E-state index contributed by atoms with van der Waals surface area (Å²) in [6.07, 6.45) is 1.20. The first-order chi connectivity index (χ1) is 9.65. The van der Waals surface area contributed by atoms with Crippen molar-refractivity contribution < 1.29 is 14.3 Å². The van der Waals surface area contributed by atoms with Gasteiger partial charge in [-0.05, 0) is 30.3 Å². The van der Waals surface area contributed by atoms with E-state index in [4.69, 9.17) is 16.3 Å². The fourth-order valence-electron chi connectivity index (χ4n) is 2.00. The van der Waals surface area contributed by atoms with Crippen molar-refractivity contribution >= 4 is 23.2 Å². The average Bonchev–Trinajstić information content (AvgIpc) is 2.45. The number of carbonyl (C=O) groups is 2. The lowest BCUT2D eigenvalue weighted by atomic mass is 9.94. The van der Waals surface area contributed by atoms with E-state index in [9.17, 15) is 9.59 Å². The molecule has 0 atom stereocenters. The largest absolute Gasteiger partial charge is 0.453 e. The molecule has 0 unspecified atom stereocenters. The van der Waals surface area contributed by atoms with Crippen LogP contribution in [0.25, 0.3) is 0 Å². The van der Waals surface area contributed by atoms with E-state index >= 15 is 0 Å². The van der Waals surface area contributed by atoms with E-state index in [1.54, 1.807) is 36.4 Å². The van der Waals surface area contributed by atoms with Crippen molar-refractivity contribution in [2.24, 2.45) is 0 Å². The van der Waals surface area contributed by atoms with Crippen LogP contribution in [0, 0.1) is 0 Å². The number of halogens is 1. The second-order valence-corrected chi connectivity index (χ2v) is 4.74. The van der Waals surface area contributed by atoms with Gasteiger partial charge in [0.2, 0.25) is 5.78 Å². The third-order valence-corrected chi connectivity index (χ3v) is 3.18. The average molecular weight is 285 g/mol. The molecule has 0 aliphatic heterocycles. The molecule has 0 fully saturated rings. The minimum absolute atomic E-state index is 0.0241. The molecule has 1 aliphatic rings. The van der Waals surface area contributed by atoms with Gasteiger partial charge in [-0.1, -0.05) is 29.8 Å². The summed E-state index contributed by atoms with van der Waals surface area (Å²) in [6.45, 7) is 0. The van der Waals surface area contributed by atoms with Gasteiger partial charge < -0.3 is 4.74 Å². The highest BCUT2D eigenvalue weighted by Gasteiger charge is 2.27. The number of para-hydroxylation sites is 1. The van der Waals surface area contributed by atoms with E-state index in [1.807, 2.05) is 6.07 Å². The third-order valence-electron chi connectivity index (χ3n) is 2.95. The number of ketones is 2. The molecule has 4 heteroatoms. The Hall–Kier alpha value is -2.39. The second kappa shape index (κ2) is 4.94. The van der Waals surface area contributed by atoms with E-state index in [0.29, 0.717) is 21.9 Å². The number of carbonyl (C=O) groups excluding carboxylic acids is 2. The van der Waals surface area contributed by atoms with Crippen LogP contribution in [0.2, 0.25) is 5.02 Å². The maximum absolute atomic E-state index is 12.3. The summed E-state index contributed by atoms with van der Waals surface area (Å²) >= 11 is 5.84. The number of hydrogen-bond acceptors (Lipinski definition) is 3. The van der Waals surface area contributed by atoms with Crippen LogP contribution in [-0.2, 0) is 0 Å². The fraction of sp³-hybridized carbons (Fsp3) is 0. The summed E-state index contributed by atoms with van der Waals surface area (Å²) in [5.74, 6) is -0.0681. The third kappa shape index (κ3) is 2.24. The van der Waals surface area contributed by atoms with Gasteiger partial charge in [0.1, 0.15) is 5.75 Å².